The summed E-state index contributed by atoms with van der Waals surface area (Å²) in [6.45, 7) is 0.468. The minimum atomic E-state index is -0.272. The minimum absolute atomic E-state index is 0.260. The van der Waals surface area contributed by atoms with Crippen LogP contribution in [0.15, 0.2) is 52.4 Å². The van der Waals surface area contributed by atoms with Crippen LogP contribution in [0.2, 0.25) is 0 Å². The van der Waals surface area contributed by atoms with E-state index in [4.69, 9.17) is 5.73 Å². The summed E-state index contributed by atoms with van der Waals surface area (Å²) in [5.41, 5.74) is 7.22. The highest BCUT2D eigenvalue weighted by Crippen LogP contribution is 2.36. The summed E-state index contributed by atoms with van der Waals surface area (Å²) in [5, 5.41) is 0.949. The lowest BCUT2D eigenvalue weighted by molar-refractivity contribution is 0.623. The first-order chi connectivity index (χ1) is 10.2. The van der Waals surface area contributed by atoms with E-state index in [1.165, 1.54) is 36.0 Å². The van der Waals surface area contributed by atoms with Gasteiger partial charge in [-0.25, -0.2) is 8.78 Å². The van der Waals surface area contributed by atoms with Gasteiger partial charge in [0.15, 0.2) is 0 Å². The molecule has 0 atom stereocenters. The number of halogens is 2. The van der Waals surface area contributed by atoms with Crippen LogP contribution in [0, 0.1) is 11.6 Å². The Labute approximate surface area is 125 Å². The van der Waals surface area contributed by atoms with E-state index in [2.05, 4.69) is 4.98 Å². The van der Waals surface area contributed by atoms with Crippen LogP contribution in [0.1, 0.15) is 5.56 Å². The molecule has 1 heterocycles. The Balaban J connectivity index is 1.98. The van der Waals surface area contributed by atoms with E-state index in [0.29, 0.717) is 13.0 Å². The van der Waals surface area contributed by atoms with E-state index < -0.39 is 0 Å². The molecule has 0 radical (unpaired) electrons. The van der Waals surface area contributed by atoms with Crippen LogP contribution in [0.5, 0.6) is 0 Å². The molecule has 1 aromatic heterocycles. The Kier molecular flexibility index (Phi) is 3.94. The molecule has 0 saturated carbocycles. The van der Waals surface area contributed by atoms with Gasteiger partial charge in [0.2, 0.25) is 0 Å². The lowest BCUT2D eigenvalue weighted by atomic mass is 10.1. The number of fused-ring (bicyclic) bond motifs is 1. The molecule has 0 amide bonds. The third-order valence-electron chi connectivity index (χ3n) is 3.26. The number of H-pyrrole nitrogens is 1. The van der Waals surface area contributed by atoms with E-state index in [0.717, 1.165) is 26.3 Å². The molecule has 2 aromatic carbocycles. The fourth-order valence-electron chi connectivity index (χ4n) is 2.27. The van der Waals surface area contributed by atoms with Crippen molar-refractivity contribution < 1.29 is 8.78 Å². The average Bonchev–Trinajstić information content (AvgIpc) is 2.84. The third kappa shape index (κ3) is 2.94. The Morgan fingerprint density at radius 3 is 2.57 bits per heavy atom. The molecule has 108 valence electrons. The van der Waals surface area contributed by atoms with Gasteiger partial charge in [0.05, 0.1) is 0 Å². The van der Waals surface area contributed by atoms with E-state index in [1.807, 2.05) is 6.20 Å². The van der Waals surface area contributed by atoms with Gasteiger partial charge >= 0.3 is 0 Å². The molecule has 3 aromatic rings. The Bertz CT molecular complexity index is 783. The predicted molar refractivity (Wildman–Crippen MR) is 81.5 cm³/mol. The molecule has 0 fully saturated rings. The van der Waals surface area contributed by atoms with E-state index in [-0.39, 0.29) is 11.6 Å². The molecule has 0 saturated heterocycles. The summed E-state index contributed by atoms with van der Waals surface area (Å²) in [6, 6.07) is 9.36. The van der Waals surface area contributed by atoms with Crippen LogP contribution in [0.25, 0.3) is 10.9 Å². The number of hydrogen-bond acceptors (Lipinski definition) is 2. The fourth-order valence-corrected chi connectivity index (χ4v) is 3.34. The van der Waals surface area contributed by atoms with Gasteiger partial charge in [0.1, 0.15) is 11.6 Å². The SMILES string of the molecule is NCCc1cc(F)ccc1Sc1c[nH]c2cc(F)ccc12. The summed E-state index contributed by atoms with van der Waals surface area (Å²) in [4.78, 5) is 5.00. The van der Waals surface area contributed by atoms with Crippen molar-refractivity contribution in [3.63, 3.8) is 0 Å². The second-order valence-corrected chi connectivity index (χ2v) is 5.82. The van der Waals surface area contributed by atoms with Gasteiger partial charge in [-0.3, -0.25) is 0 Å². The van der Waals surface area contributed by atoms with Crippen molar-refractivity contribution in [2.75, 3.05) is 6.54 Å². The number of benzene rings is 2. The molecular weight excluding hydrogens is 290 g/mol. The monoisotopic (exact) mass is 304 g/mol. The zero-order chi connectivity index (χ0) is 14.8. The molecule has 0 bridgehead atoms. The zero-order valence-electron chi connectivity index (χ0n) is 11.2. The summed E-state index contributed by atoms with van der Waals surface area (Å²) < 4.78 is 26.5. The van der Waals surface area contributed by atoms with E-state index in [1.54, 1.807) is 12.1 Å². The van der Waals surface area contributed by atoms with Crippen molar-refractivity contribution >= 4 is 22.7 Å². The maximum atomic E-state index is 13.3. The highest BCUT2D eigenvalue weighted by Gasteiger charge is 2.10. The lowest BCUT2D eigenvalue weighted by Crippen LogP contribution is -2.04. The summed E-state index contributed by atoms with van der Waals surface area (Å²) in [7, 11) is 0. The van der Waals surface area contributed by atoms with E-state index in [9.17, 15) is 8.78 Å². The first-order valence-corrected chi connectivity index (χ1v) is 7.42. The molecule has 21 heavy (non-hydrogen) atoms. The predicted octanol–water partition coefficient (Wildman–Crippen LogP) is 4.10. The molecule has 5 heteroatoms. The van der Waals surface area contributed by atoms with Gasteiger partial charge < -0.3 is 10.7 Å². The van der Waals surface area contributed by atoms with Crippen LogP contribution < -0.4 is 5.73 Å². The largest absolute Gasteiger partial charge is 0.360 e. The van der Waals surface area contributed by atoms with Gasteiger partial charge in [-0.15, -0.1) is 0 Å². The number of aromatic nitrogens is 1. The molecule has 2 nitrogen and oxygen atoms in total. The van der Waals surface area contributed by atoms with Crippen LogP contribution in [-0.2, 0) is 6.42 Å². The number of nitrogens with one attached hydrogen (secondary N) is 1. The maximum absolute atomic E-state index is 13.3. The van der Waals surface area contributed by atoms with E-state index >= 15 is 0 Å². The van der Waals surface area contributed by atoms with Crippen molar-refractivity contribution in [2.24, 2.45) is 5.73 Å². The molecule has 3 rings (SSSR count). The average molecular weight is 304 g/mol. The molecule has 0 aliphatic heterocycles. The lowest BCUT2D eigenvalue weighted by Gasteiger charge is -2.08. The summed E-state index contributed by atoms with van der Waals surface area (Å²) in [6.07, 6.45) is 2.46. The van der Waals surface area contributed by atoms with Crippen molar-refractivity contribution in [3.05, 3.63) is 59.8 Å². The topological polar surface area (TPSA) is 41.8 Å². The van der Waals surface area contributed by atoms with Gasteiger partial charge in [0.25, 0.3) is 0 Å². The highest BCUT2D eigenvalue weighted by atomic mass is 32.2. The molecule has 0 aliphatic carbocycles. The van der Waals surface area contributed by atoms with Gasteiger partial charge in [-0.2, -0.15) is 0 Å². The number of nitrogens with two attached hydrogens (primary N) is 1. The Morgan fingerprint density at radius 1 is 1.00 bits per heavy atom. The minimum Gasteiger partial charge on any atom is -0.360 e. The number of hydrogen-bond donors (Lipinski definition) is 2. The zero-order valence-corrected chi connectivity index (χ0v) is 12.0. The van der Waals surface area contributed by atoms with Crippen LogP contribution >= 0.6 is 11.8 Å². The standard InChI is InChI=1S/C16H14F2N2S/c17-11-2-4-15(10(7-11)5-6-19)21-16-9-20-14-8-12(18)1-3-13(14)16/h1-4,7-9,20H,5-6,19H2. The summed E-state index contributed by atoms with van der Waals surface area (Å²) >= 11 is 1.53. The molecular formula is C16H14F2N2S. The third-order valence-corrected chi connectivity index (χ3v) is 4.44. The normalized spacial score (nSPS) is 11.2. The van der Waals surface area contributed by atoms with Gasteiger partial charge in [0, 0.05) is 26.9 Å². The summed E-state index contributed by atoms with van der Waals surface area (Å²) in [5.74, 6) is -0.532. The highest BCUT2D eigenvalue weighted by molar-refractivity contribution is 7.99. The molecule has 0 unspecified atom stereocenters. The quantitative estimate of drug-likeness (QED) is 0.762. The molecule has 3 N–H and O–H groups in total. The number of aromatic amines is 1. The number of rotatable bonds is 4. The van der Waals surface area contributed by atoms with Crippen LogP contribution in [-0.4, -0.2) is 11.5 Å². The van der Waals surface area contributed by atoms with Crippen molar-refractivity contribution in [1.29, 1.82) is 0 Å². The first-order valence-electron chi connectivity index (χ1n) is 6.60. The Morgan fingerprint density at radius 2 is 1.76 bits per heavy atom. The fraction of sp³-hybridized carbons (Fsp3) is 0.125. The second-order valence-electron chi connectivity index (χ2n) is 4.74. The van der Waals surface area contributed by atoms with Crippen molar-refractivity contribution in [3.8, 4) is 0 Å². The van der Waals surface area contributed by atoms with Crippen LogP contribution in [0.4, 0.5) is 8.78 Å². The first kappa shape index (κ1) is 14.1. The second kappa shape index (κ2) is 5.87. The van der Waals surface area contributed by atoms with Gasteiger partial charge in [-0.1, -0.05) is 11.8 Å². The van der Waals surface area contributed by atoms with Crippen molar-refractivity contribution in [2.45, 2.75) is 16.2 Å². The van der Waals surface area contributed by atoms with Gasteiger partial charge in [-0.05, 0) is 54.9 Å². The van der Waals surface area contributed by atoms with Crippen LogP contribution in [0.3, 0.4) is 0 Å². The molecule has 0 spiro atoms. The smallest absolute Gasteiger partial charge is 0.125 e. The Hall–Kier alpha value is -1.85. The maximum Gasteiger partial charge on any atom is 0.125 e. The molecule has 0 aliphatic rings. The van der Waals surface area contributed by atoms with Crippen molar-refractivity contribution in [1.82, 2.24) is 4.98 Å².